The topological polar surface area (TPSA) is 106 Å². The number of amides is 1. The molecule has 0 unspecified atom stereocenters. The van der Waals surface area contributed by atoms with Crippen LogP contribution in [0, 0.1) is 10.1 Å². The van der Waals surface area contributed by atoms with Crippen molar-refractivity contribution < 1.29 is 27.6 Å². The Balaban J connectivity index is 1.32. The Morgan fingerprint density at radius 3 is 2.36 bits per heavy atom. The zero-order chi connectivity index (χ0) is 26.1. The standard InChI is InChI=1S/C24H28ClF3N4O4/c25-16-2-4-17(5-3-16)29-12-1-13-30-23(33)15-36-20-9-6-18(7-10-20)31-19-8-11-22(32(34)35)21(14-19)24(26,27)28/h2-5,8,11,14,18,20,29,31H,1,6-7,9-10,12-13,15H2,(H,30,33). The molecule has 2 aromatic rings. The fourth-order valence-corrected chi connectivity index (χ4v) is 4.11. The van der Waals surface area contributed by atoms with E-state index in [9.17, 15) is 28.1 Å². The number of hydrogen-bond acceptors (Lipinski definition) is 6. The Morgan fingerprint density at radius 1 is 1.06 bits per heavy atom. The number of ether oxygens (including phenoxy) is 1. The summed E-state index contributed by atoms with van der Waals surface area (Å²) in [5, 5.41) is 20.6. The molecule has 1 aliphatic carbocycles. The van der Waals surface area contributed by atoms with Crippen molar-refractivity contribution in [1.29, 1.82) is 0 Å². The van der Waals surface area contributed by atoms with Crippen molar-refractivity contribution in [2.24, 2.45) is 0 Å². The highest BCUT2D eigenvalue weighted by atomic mass is 35.5. The van der Waals surface area contributed by atoms with Crippen LogP contribution in [0.1, 0.15) is 37.7 Å². The average molecular weight is 529 g/mol. The van der Waals surface area contributed by atoms with Gasteiger partial charge in [-0.3, -0.25) is 14.9 Å². The Hall–Kier alpha value is -3.05. The van der Waals surface area contributed by atoms with E-state index in [1.165, 1.54) is 6.07 Å². The maximum atomic E-state index is 13.2. The third kappa shape index (κ3) is 8.56. The molecule has 0 bridgehead atoms. The predicted molar refractivity (Wildman–Crippen MR) is 131 cm³/mol. The highest BCUT2D eigenvalue weighted by Crippen LogP contribution is 2.38. The number of rotatable bonds is 11. The minimum absolute atomic E-state index is 0.0509. The second-order valence-electron chi connectivity index (χ2n) is 8.55. The van der Waals surface area contributed by atoms with E-state index < -0.39 is 22.4 Å². The number of nitro groups is 1. The number of carbonyl (C=O) groups excluding carboxylic acids is 1. The van der Waals surface area contributed by atoms with Crippen LogP contribution >= 0.6 is 11.6 Å². The number of halogens is 4. The van der Waals surface area contributed by atoms with Crippen molar-refractivity contribution in [3.05, 3.63) is 63.2 Å². The molecular formula is C24H28ClF3N4O4. The number of alkyl halides is 3. The predicted octanol–water partition coefficient (Wildman–Crippen LogP) is 5.63. The molecule has 3 rings (SSSR count). The first-order valence-electron chi connectivity index (χ1n) is 11.6. The summed E-state index contributed by atoms with van der Waals surface area (Å²) >= 11 is 5.84. The zero-order valence-corrected chi connectivity index (χ0v) is 20.2. The number of nitrogens with one attached hydrogen (secondary N) is 3. The lowest BCUT2D eigenvalue weighted by Gasteiger charge is -2.29. The molecule has 0 spiro atoms. The van der Waals surface area contributed by atoms with Crippen molar-refractivity contribution >= 4 is 34.6 Å². The van der Waals surface area contributed by atoms with E-state index in [2.05, 4.69) is 16.0 Å². The van der Waals surface area contributed by atoms with Crippen LogP contribution in [-0.2, 0) is 15.7 Å². The van der Waals surface area contributed by atoms with Gasteiger partial charge in [-0.2, -0.15) is 13.2 Å². The second-order valence-corrected chi connectivity index (χ2v) is 8.99. The first kappa shape index (κ1) is 27.5. The molecule has 1 amide bonds. The van der Waals surface area contributed by atoms with E-state index >= 15 is 0 Å². The number of carbonyl (C=O) groups is 1. The Labute approximate surface area is 211 Å². The van der Waals surface area contributed by atoms with Gasteiger partial charge in [0.15, 0.2) is 0 Å². The van der Waals surface area contributed by atoms with Gasteiger partial charge in [0.1, 0.15) is 12.2 Å². The second kappa shape index (κ2) is 12.8. The average Bonchev–Trinajstić information content (AvgIpc) is 2.84. The number of hydrogen-bond donors (Lipinski definition) is 3. The monoisotopic (exact) mass is 528 g/mol. The van der Waals surface area contributed by atoms with Gasteiger partial charge in [0.2, 0.25) is 5.91 Å². The van der Waals surface area contributed by atoms with Crippen LogP contribution in [0.3, 0.4) is 0 Å². The maximum Gasteiger partial charge on any atom is 0.423 e. The summed E-state index contributed by atoms with van der Waals surface area (Å²) in [5.74, 6) is -0.202. The third-order valence-electron chi connectivity index (χ3n) is 5.84. The van der Waals surface area contributed by atoms with Gasteiger partial charge in [0.25, 0.3) is 5.69 Å². The number of anilines is 2. The minimum atomic E-state index is -4.82. The molecule has 1 saturated carbocycles. The number of nitrogens with zero attached hydrogens (tertiary/aromatic N) is 1. The molecular weight excluding hydrogens is 501 g/mol. The summed E-state index contributed by atoms with van der Waals surface area (Å²) in [4.78, 5) is 21.9. The van der Waals surface area contributed by atoms with Gasteiger partial charge in [-0.15, -0.1) is 0 Å². The summed E-state index contributed by atoms with van der Waals surface area (Å²) in [6.07, 6.45) is -1.61. The van der Waals surface area contributed by atoms with Crippen molar-refractivity contribution in [3.8, 4) is 0 Å². The zero-order valence-electron chi connectivity index (χ0n) is 19.4. The molecule has 196 valence electrons. The SMILES string of the molecule is O=C(COC1CCC(Nc2ccc([N+](=O)[O-])c(C(F)(F)F)c2)CC1)NCCCNc1ccc(Cl)cc1. The molecule has 0 aliphatic heterocycles. The van der Waals surface area contributed by atoms with Crippen LogP contribution < -0.4 is 16.0 Å². The lowest BCUT2D eigenvalue weighted by molar-refractivity contribution is -0.388. The number of nitro benzene ring substituents is 1. The van der Waals surface area contributed by atoms with E-state index in [-0.39, 0.29) is 30.3 Å². The Morgan fingerprint density at radius 2 is 1.72 bits per heavy atom. The van der Waals surface area contributed by atoms with Crippen LogP contribution in [0.25, 0.3) is 0 Å². The van der Waals surface area contributed by atoms with Gasteiger partial charge < -0.3 is 20.7 Å². The molecule has 36 heavy (non-hydrogen) atoms. The van der Waals surface area contributed by atoms with Gasteiger partial charge in [-0.25, -0.2) is 0 Å². The van der Waals surface area contributed by atoms with Crippen molar-refractivity contribution in [1.82, 2.24) is 5.32 Å². The molecule has 8 nitrogen and oxygen atoms in total. The molecule has 0 heterocycles. The van der Waals surface area contributed by atoms with Crippen LogP contribution in [0.5, 0.6) is 0 Å². The third-order valence-corrected chi connectivity index (χ3v) is 6.09. The van der Waals surface area contributed by atoms with Gasteiger partial charge >= 0.3 is 6.18 Å². The van der Waals surface area contributed by atoms with Gasteiger partial charge in [0, 0.05) is 41.6 Å². The van der Waals surface area contributed by atoms with Crippen LogP contribution in [0.15, 0.2) is 42.5 Å². The van der Waals surface area contributed by atoms with Gasteiger partial charge in [0.05, 0.1) is 11.0 Å². The van der Waals surface area contributed by atoms with Crippen molar-refractivity contribution in [2.45, 2.75) is 50.4 Å². The highest BCUT2D eigenvalue weighted by Gasteiger charge is 2.38. The van der Waals surface area contributed by atoms with E-state index in [0.717, 1.165) is 24.2 Å². The Kier molecular flexibility index (Phi) is 9.77. The molecule has 0 aromatic heterocycles. The van der Waals surface area contributed by atoms with E-state index in [1.807, 2.05) is 12.1 Å². The quantitative estimate of drug-likeness (QED) is 0.198. The summed E-state index contributed by atoms with van der Waals surface area (Å²) in [6, 6.07) is 10.2. The molecule has 3 N–H and O–H groups in total. The minimum Gasteiger partial charge on any atom is -0.385 e. The van der Waals surface area contributed by atoms with Crippen molar-refractivity contribution in [2.75, 3.05) is 30.3 Å². The fourth-order valence-electron chi connectivity index (χ4n) is 3.98. The molecule has 0 atom stereocenters. The number of benzene rings is 2. The maximum absolute atomic E-state index is 13.2. The normalized spacial score (nSPS) is 17.9. The summed E-state index contributed by atoms with van der Waals surface area (Å²) in [7, 11) is 0. The van der Waals surface area contributed by atoms with Crippen LogP contribution in [0.2, 0.25) is 5.02 Å². The molecule has 1 fully saturated rings. The van der Waals surface area contributed by atoms with E-state index in [1.54, 1.807) is 12.1 Å². The van der Waals surface area contributed by atoms with Gasteiger partial charge in [-0.05, 0) is 68.5 Å². The van der Waals surface area contributed by atoms with Crippen LogP contribution in [0.4, 0.5) is 30.2 Å². The smallest absolute Gasteiger partial charge is 0.385 e. The summed E-state index contributed by atoms with van der Waals surface area (Å²) in [6.45, 7) is 1.15. The summed E-state index contributed by atoms with van der Waals surface area (Å²) in [5.41, 5.74) is -1.11. The first-order valence-corrected chi connectivity index (χ1v) is 12.0. The van der Waals surface area contributed by atoms with Crippen LogP contribution in [-0.4, -0.2) is 42.7 Å². The lowest BCUT2D eigenvalue weighted by atomic mass is 9.92. The Bertz CT molecular complexity index is 1030. The van der Waals surface area contributed by atoms with E-state index in [4.69, 9.17) is 16.3 Å². The molecule has 2 aromatic carbocycles. The summed E-state index contributed by atoms with van der Waals surface area (Å²) < 4.78 is 45.2. The van der Waals surface area contributed by atoms with Crippen molar-refractivity contribution in [3.63, 3.8) is 0 Å². The molecule has 1 aliphatic rings. The molecule has 0 saturated heterocycles. The largest absolute Gasteiger partial charge is 0.423 e. The fraction of sp³-hybridized carbons (Fsp3) is 0.458. The lowest BCUT2D eigenvalue weighted by Crippen LogP contribution is -2.34. The molecule has 0 radical (unpaired) electrons. The molecule has 12 heteroatoms. The first-order chi connectivity index (χ1) is 17.1. The van der Waals surface area contributed by atoms with Gasteiger partial charge in [-0.1, -0.05) is 11.6 Å². The van der Waals surface area contributed by atoms with E-state index in [0.29, 0.717) is 43.8 Å². The highest BCUT2D eigenvalue weighted by molar-refractivity contribution is 6.30.